The van der Waals surface area contributed by atoms with Gasteiger partial charge in [0.2, 0.25) is 0 Å². The standard InChI is InChI=1S/C20H20N4O2/c1-22-14-18(24-13-15-7-3-2-4-9-19(15)25)17(11-21)23-12-16-8-5-6-10-20(16)26/h2-6,8-10,12-13,22,24,26H,7,14H2,1H3/b15-13?,18-17-,23-12?. The summed E-state index contributed by atoms with van der Waals surface area (Å²) < 4.78 is 0. The minimum atomic E-state index is -0.0810. The number of nitrogens with one attached hydrogen (secondary N) is 2. The van der Waals surface area contributed by atoms with E-state index < -0.39 is 0 Å². The van der Waals surface area contributed by atoms with E-state index in [2.05, 4.69) is 15.6 Å². The van der Waals surface area contributed by atoms with Crippen molar-refractivity contribution in [1.29, 1.82) is 5.26 Å². The van der Waals surface area contributed by atoms with E-state index in [4.69, 9.17) is 0 Å². The van der Waals surface area contributed by atoms with Gasteiger partial charge in [-0.1, -0.05) is 30.4 Å². The molecule has 0 bridgehead atoms. The van der Waals surface area contributed by atoms with Crippen LogP contribution in [0.25, 0.3) is 0 Å². The van der Waals surface area contributed by atoms with Gasteiger partial charge in [0.15, 0.2) is 11.5 Å². The maximum atomic E-state index is 12.0. The number of benzene rings is 1. The van der Waals surface area contributed by atoms with Gasteiger partial charge in [-0.05, 0) is 31.7 Å². The molecule has 0 unspecified atom stereocenters. The molecule has 0 amide bonds. The van der Waals surface area contributed by atoms with Gasteiger partial charge in [-0.15, -0.1) is 0 Å². The van der Waals surface area contributed by atoms with Gasteiger partial charge in [0, 0.05) is 30.1 Å². The highest BCUT2D eigenvalue weighted by molar-refractivity contribution is 6.04. The molecule has 0 aromatic heterocycles. The van der Waals surface area contributed by atoms with Crippen LogP contribution in [-0.4, -0.2) is 30.7 Å². The van der Waals surface area contributed by atoms with E-state index in [1.807, 2.05) is 18.2 Å². The van der Waals surface area contributed by atoms with Crippen LogP contribution < -0.4 is 10.6 Å². The second kappa shape index (κ2) is 9.77. The molecule has 0 radical (unpaired) electrons. The van der Waals surface area contributed by atoms with Crippen LogP contribution in [0.5, 0.6) is 5.75 Å². The van der Waals surface area contributed by atoms with Crippen LogP contribution in [0, 0.1) is 11.3 Å². The molecule has 1 aliphatic rings. The van der Waals surface area contributed by atoms with Crippen molar-refractivity contribution < 1.29 is 9.90 Å². The van der Waals surface area contributed by atoms with Crippen molar-refractivity contribution in [2.24, 2.45) is 4.99 Å². The van der Waals surface area contributed by atoms with Crippen LogP contribution in [-0.2, 0) is 4.79 Å². The average molecular weight is 348 g/mol. The highest BCUT2D eigenvalue weighted by Crippen LogP contribution is 2.14. The van der Waals surface area contributed by atoms with E-state index >= 15 is 0 Å². The van der Waals surface area contributed by atoms with Crippen LogP contribution in [0.3, 0.4) is 0 Å². The summed E-state index contributed by atoms with van der Waals surface area (Å²) in [7, 11) is 1.75. The molecule has 0 heterocycles. The van der Waals surface area contributed by atoms with Gasteiger partial charge in [0.25, 0.3) is 0 Å². The number of nitriles is 1. The molecule has 0 spiro atoms. The van der Waals surface area contributed by atoms with E-state index in [9.17, 15) is 15.2 Å². The number of ketones is 1. The molecular formula is C20H20N4O2. The Labute approximate surface area is 152 Å². The van der Waals surface area contributed by atoms with Crippen LogP contribution in [0.2, 0.25) is 0 Å². The lowest BCUT2D eigenvalue weighted by Crippen LogP contribution is -2.21. The number of hydrogen-bond donors (Lipinski definition) is 3. The van der Waals surface area contributed by atoms with Crippen LogP contribution >= 0.6 is 0 Å². The van der Waals surface area contributed by atoms with Gasteiger partial charge in [-0.3, -0.25) is 4.79 Å². The third-order valence-corrected chi connectivity index (χ3v) is 3.58. The summed E-state index contributed by atoms with van der Waals surface area (Å²) in [6.07, 6.45) is 10.4. The number of para-hydroxylation sites is 1. The monoisotopic (exact) mass is 348 g/mol. The predicted molar refractivity (Wildman–Crippen MR) is 101 cm³/mol. The maximum Gasteiger partial charge on any atom is 0.183 e. The van der Waals surface area contributed by atoms with Crippen LogP contribution in [0.4, 0.5) is 0 Å². The summed E-state index contributed by atoms with van der Waals surface area (Å²) >= 11 is 0. The molecule has 2 rings (SSSR count). The molecule has 6 heteroatoms. The van der Waals surface area contributed by atoms with Gasteiger partial charge in [-0.25, -0.2) is 4.99 Å². The number of phenols is 1. The number of likely N-dealkylation sites (N-methyl/N-ethyl adjacent to an activating group) is 1. The molecule has 1 aliphatic carbocycles. The number of hydrogen-bond acceptors (Lipinski definition) is 6. The number of allylic oxidation sites excluding steroid dienone is 6. The molecule has 0 fully saturated rings. The van der Waals surface area contributed by atoms with Crippen molar-refractivity contribution in [1.82, 2.24) is 10.6 Å². The molecule has 132 valence electrons. The second-order valence-corrected chi connectivity index (χ2v) is 5.46. The summed E-state index contributed by atoms with van der Waals surface area (Å²) in [5.41, 5.74) is 1.79. The van der Waals surface area contributed by atoms with Gasteiger partial charge in [-0.2, -0.15) is 5.26 Å². The van der Waals surface area contributed by atoms with Gasteiger partial charge >= 0.3 is 0 Å². The normalized spacial score (nSPS) is 16.5. The molecular weight excluding hydrogens is 328 g/mol. The number of nitrogens with zero attached hydrogens (tertiary/aromatic N) is 2. The van der Waals surface area contributed by atoms with Crippen molar-refractivity contribution in [3.8, 4) is 11.8 Å². The number of phenolic OH excluding ortho intramolecular Hbond substituents is 1. The van der Waals surface area contributed by atoms with Gasteiger partial charge in [0.1, 0.15) is 11.8 Å². The van der Waals surface area contributed by atoms with E-state index in [0.29, 0.717) is 29.8 Å². The first kappa shape index (κ1) is 18.9. The third-order valence-electron chi connectivity index (χ3n) is 3.58. The molecule has 0 saturated carbocycles. The Kier molecular flexibility index (Phi) is 7.10. The quantitative estimate of drug-likeness (QED) is 0.416. The van der Waals surface area contributed by atoms with Gasteiger partial charge < -0.3 is 15.7 Å². The lowest BCUT2D eigenvalue weighted by atomic mass is 10.1. The van der Waals surface area contributed by atoms with Crippen molar-refractivity contribution in [2.45, 2.75) is 6.42 Å². The van der Waals surface area contributed by atoms with Crippen LogP contribution in [0.15, 0.2) is 76.7 Å². The highest BCUT2D eigenvalue weighted by Gasteiger charge is 2.09. The van der Waals surface area contributed by atoms with E-state index in [1.165, 1.54) is 12.3 Å². The Hall–Kier alpha value is -3.43. The van der Waals surface area contributed by atoms with E-state index in [1.54, 1.807) is 43.6 Å². The summed E-state index contributed by atoms with van der Waals surface area (Å²) in [5, 5.41) is 25.2. The Morgan fingerprint density at radius 2 is 2.19 bits per heavy atom. The minimum Gasteiger partial charge on any atom is -0.507 e. The zero-order valence-corrected chi connectivity index (χ0v) is 14.4. The zero-order chi connectivity index (χ0) is 18.8. The summed E-state index contributed by atoms with van der Waals surface area (Å²) in [4.78, 5) is 16.2. The Morgan fingerprint density at radius 1 is 1.38 bits per heavy atom. The summed E-state index contributed by atoms with van der Waals surface area (Å²) in [5.74, 6) is 0.00364. The lowest BCUT2D eigenvalue weighted by molar-refractivity contribution is -0.111. The van der Waals surface area contributed by atoms with Crippen molar-refractivity contribution in [2.75, 3.05) is 13.6 Å². The number of carbonyl (C=O) groups excluding carboxylic acids is 1. The van der Waals surface area contributed by atoms with Gasteiger partial charge in [0.05, 0.1) is 5.70 Å². The first-order chi connectivity index (χ1) is 12.7. The Morgan fingerprint density at radius 3 is 2.92 bits per heavy atom. The largest absolute Gasteiger partial charge is 0.507 e. The molecule has 0 aliphatic heterocycles. The summed E-state index contributed by atoms with van der Waals surface area (Å²) in [6, 6.07) is 8.77. The fourth-order valence-electron chi connectivity index (χ4n) is 2.21. The van der Waals surface area contributed by atoms with Crippen LogP contribution in [0.1, 0.15) is 12.0 Å². The Bertz CT molecular complexity index is 855. The number of aromatic hydroxyl groups is 1. The van der Waals surface area contributed by atoms with Crippen molar-refractivity contribution >= 4 is 12.0 Å². The molecule has 0 atom stereocenters. The minimum absolute atomic E-state index is 0.0810. The number of carbonyl (C=O) groups is 1. The van der Waals surface area contributed by atoms with Crippen molar-refractivity contribution in [3.05, 3.63) is 77.3 Å². The second-order valence-electron chi connectivity index (χ2n) is 5.46. The maximum absolute atomic E-state index is 12.0. The predicted octanol–water partition coefficient (Wildman–Crippen LogP) is 2.32. The topological polar surface area (TPSA) is 97.5 Å². The van der Waals surface area contributed by atoms with E-state index in [-0.39, 0.29) is 17.2 Å². The molecule has 6 nitrogen and oxygen atoms in total. The third kappa shape index (κ3) is 5.30. The first-order valence-corrected chi connectivity index (χ1v) is 8.08. The molecule has 1 aromatic rings. The summed E-state index contributed by atoms with van der Waals surface area (Å²) in [6.45, 7) is 0.366. The highest BCUT2D eigenvalue weighted by atomic mass is 16.3. The molecule has 26 heavy (non-hydrogen) atoms. The van der Waals surface area contributed by atoms with Crippen molar-refractivity contribution in [3.63, 3.8) is 0 Å². The lowest BCUT2D eigenvalue weighted by Gasteiger charge is -2.09. The number of rotatable bonds is 6. The first-order valence-electron chi connectivity index (χ1n) is 8.08. The average Bonchev–Trinajstić information content (AvgIpc) is 2.85. The fourth-order valence-corrected chi connectivity index (χ4v) is 2.21. The SMILES string of the molecule is CNC/C(NC=C1CC=CC=CC1=O)=C(\C#N)N=Cc1ccccc1O. The smallest absolute Gasteiger partial charge is 0.183 e. The Balaban J connectivity index is 2.27. The number of aliphatic imine (C=N–C) groups is 1. The zero-order valence-electron chi connectivity index (χ0n) is 14.4. The molecule has 0 saturated heterocycles. The van der Waals surface area contributed by atoms with E-state index in [0.717, 1.165) is 0 Å². The molecule has 1 aromatic carbocycles. The fraction of sp³-hybridized carbons (Fsp3) is 0.150. The molecule has 3 N–H and O–H groups in total.